The lowest BCUT2D eigenvalue weighted by molar-refractivity contribution is 0.0996. The number of amides is 1. The van der Waals surface area contributed by atoms with Crippen LogP contribution in [0.1, 0.15) is 16.3 Å². The number of aromatic nitrogens is 1. The highest BCUT2D eigenvalue weighted by molar-refractivity contribution is 6.04. The van der Waals surface area contributed by atoms with Gasteiger partial charge < -0.3 is 18.7 Å². The molecule has 4 aromatic rings. The van der Waals surface area contributed by atoms with Crippen LogP contribution in [-0.4, -0.2) is 11.1 Å². The summed E-state index contributed by atoms with van der Waals surface area (Å²) in [5.41, 5.74) is 0.153. The summed E-state index contributed by atoms with van der Waals surface area (Å²) < 4.78 is 15.8. The largest absolute Gasteiger partial charge is 0.425 e. The number of para-hydroxylation sites is 1. The fourth-order valence-corrected chi connectivity index (χ4v) is 2.31. The Balaban J connectivity index is 1.79. The van der Waals surface area contributed by atoms with Crippen LogP contribution < -0.4 is 10.7 Å². The molecule has 7 nitrogen and oxygen atoms in total. The highest BCUT2D eigenvalue weighted by Crippen LogP contribution is 2.22. The van der Waals surface area contributed by atoms with Crippen LogP contribution in [0.5, 0.6) is 0 Å². The van der Waals surface area contributed by atoms with Gasteiger partial charge in [-0.15, -0.1) is 0 Å². The van der Waals surface area contributed by atoms with E-state index in [0.29, 0.717) is 16.7 Å². The van der Waals surface area contributed by atoms with Gasteiger partial charge in [0.05, 0.1) is 5.39 Å². The second-order valence-electron chi connectivity index (χ2n) is 5.02. The summed E-state index contributed by atoms with van der Waals surface area (Å²) in [4.78, 5) is 24.6. The molecular weight excluding hydrogens is 300 g/mol. The average molecular weight is 310 g/mol. The van der Waals surface area contributed by atoms with Crippen molar-refractivity contribution >= 4 is 33.9 Å². The maximum absolute atomic E-state index is 12.4. The van der Waals surface area contributed by atoms with Crippen LogP contribution in [0.15, 0.2) is 54.6 Å². The van der Waals surface area contributed by atoms with Crippen LogP contribution in [0.4, 0.5) is 5.82 Å². The van der Waals surface area contributed by atoms with Gasteiger partial charge in [0, 0.05) is 12.1 Å². The molecule has 1 N–H and O–H groups in total. The van der Waals surface area contributed by atoms with Crippen LogP contribution in [0, 0.1) is 6.92 Å². The number of hydrogen-bond donors (Lipinski definition) is 1. The monoisotopic (exact) mass is 310 g/mol. The number of aryl methyl sites for hydroxylation is 1. The molecule has 1 amide bonds. The highest BCUT2D eigenvalue weighted by Gasteiger charge is 2.18. The van der Waals surface area contributed by atoms with Gasteiger partial charge in [0.1, 0.15) is 16.7 Å². The zero-order chi connectivity index (χ0) is 16.0. The maximum atomic E-state index is 12.4. The SMILES string of the molecule is Cc1cc(NC(=O)c2cc3c(=O)c4ccccc4oc3o2)no1. The minimum Gasteiger partial charge on any atom is -0.425 e. The van der Waals surface area contributed by atoms with E-state index in [2.05, 4.69) is 10.5 Å². The molecule has 0 aliphatic carbocycles. The van der Waals surface area contributed by atoms with Crippen molar-refractivity contribution in [1.29, 1.82) is 0 Å². The Kier molecular flexibility index (Phi) is 2.80. The van der Waals surface area contributed by atoms with Gasteiger partial charge in [0.15, 0.2) is 11.6 Å². The number of furan rings is 1. The molecule has 0 atom stereocenters. The minimum atomic E-state index is -0.548. The van der Waals surface area contributed by atoms with Crippen molar-refractivity contribution in [3.05, 3.63) is 58.1 Å². The molecule has 0 radical (unpaired) electrons. The van der Waals surface area contributed by atoms with E-state index in [0.717, 1.165) is 0 Å². The van der Waals surface area contributed by atoms with Crippen molar-refractivity contribution in [3.63, 3.8) is 0 Å². The topological polar surface area (TPSA) is 98.5 Å². The standard InChI is InChI=1S/C16H10N2O5/c1-8-6-13(18-23-8)17-15(20)12-7-10-14(19)9-4-2-3-5-11(9)21-16(10)22-12/h2-7H,1H3,(H,17,18,20). The molecule has 0 saturated carbocycles. The van der Waals surface area contributed by atoms with Crippen molar-refractivity contribution in [2.45, 2.75) is 6.92 Å². The number of nitrogens with one attached hydrogen (secondary N) is 1. The van der Waals surface area contributed by atoms with Crippen molar-refractivity contribution in [1.82, 2.24) is 5.16 Å². The lowest BCUT2D eigenvalue weighted by atomic mass is 10.2. The van der Waals surface area contributed by atoms with Gasteiger partial charge >= 0.3 is 5.78 Å². The molecule has 114 valence electrons. The molecule has 0 saturated heterocycles. The van der Waals surface area contributed by atoms with Gasteiger partial charge in [-0.1, -0.05) is 17.3 Å². The summed E-state index contributed by atoms with van der Waals surface area (Å²) in [5, 5.41) is 6.83. The van der Waals surface area contributed by atoms with Gasteiger partial charge in [-0.3, -0.25) is 9.59 Å². The van der Waals surface area contributed by atoms with Crippen LogP contribution >= 0.6 is 0 Å². The summed E-state index contributed by atoms with van der Waals surface area (Å²) in [6.45, 7) is 1.71. The molecule has 23 heavy (non-hydrogen) atoms. The molecular formula is C16H10N2O5. The molecule has 3 aromatic heterocycles. The van der Waals surface area contributed by atoms with Crippen LogP contribution in [0.2, 0.25) is 0 Å². The van der Waals surface area contributed by atoms with Crippen molar-refractivity contribution in [2.75, 3.05) is 5.32 Å². The van der Waals surface area contributed by atoms with Gasteiger partial charge in [0.2, 0.25) is 5.43 Å². The third-order valence-corrected chi connectivity index (χ3v) is 3.37. The molecule has 3 heterocycles. The maximum Gasteiger partial charge on any atom is 0.302 e. The first-order chi connectivity index (χ1) is 11.1. The van der Waals surface area contributed by atoms with E-state index < -0.39 is 5.91 Å². The van der Waals surface area contributed by atoms with Crippen molar-refractivity contribution in [3.8, 4) is 0 Å². The first-order valence-corrected chi connectivity index (χ1v) is 6.82. The second kappa shape index (κ2) is 4.84. The molecule has 0 aliphatic heterocycles. The summed E-state index contributed by atoms with van der Waals surface area (Å²) in [5.74, 6) is 0.241. The van der Waals surface area contributed by atoms with E-state index >= 15 is 0 Å². The van der Waals surface area contributed by atoms with Crippen LogP contribution in [0.3, 0.4) is 0 Å². The van der Waals surface area contributed by atoms with Crippen molar-refractivity contribution < 1.29 is 18.2 Å². The van der Waals surface area contributed by atoms with Gasteiger partial charge in [-0.25, -0.2) is 0 Å². The Morgan fingerprint density at radius 3 is 2.74 bits per heavy atom. The first kappa shape index (κ1) is 13.3. The number of fused-ring (bicyclic) bond motifs is 2. The zero-order valence-electron chi connectivity index (χ0n) is 12.0. The molecule has 0 fully saturated rings. The quantitative estimate of drug-likeness (QED) is 0.611. The predicted molar refractivity (Wildman–Crippen MR) is 81.4 cm³/mol. The third-order valence-electron chi connectivity index (χ3n) is 3.37. The number of benzene rings is 1. The smallest absolute Gasteiger partial charge is 0.302 e. The lowest BCUT2D eigenvalue weighted by Crippen LogP contribution is -2.11. The lowest BCUT2D eigenvalue weighted by Gasteiger charge is -1.96. The van der Waals surface area contributed by atoms with Crippen LogP contribution in [0.25, 0.3) is 22.1 Å². The number of hydrogen-bond acceptors (Lipinski definition) is 6. The molecule has 4 rings (SSSR count). The number of carbonyl (C=O) groups is 1. The van der Waals surface area contributed by atoms with Crippen molar-refractivity contribution in [2.24, 2.45) is 0 Å². The Hall–Kier alpha value is -3.35. The fourth-order valence-electron chi connectivity index (χ4n) is 2.31. The van der Waals surface area contributed by atoms with E-state index in [9.17, 15) is 9.59 Å². The molecule has 0 spiro atoms. The highest BCUT2D eigenvalue weighted by atomic mass is 16.5. The van der Waals surface area contributed by atoms with Crippen LogP contribution in [-0.2, 0) is 0 Å². The Bertz CT molecular complexity index is 1100. The number of carbonyl (C=O) groups excluding carboxylic acids is 1. The van der Waals surface area contributed by atoms with E-state index in [1.165, 1.54) is 6.07 Å². The van der Waals surface area contributed by atoms with Gasteiger partial charge in [-0.2, -0.15) is 0 Å². The summed E-state index contributed by atoms with van der Waals surface area (Å²) in [6, 6.07) is 9.74. The second-order valence-corrected chi connectivity index (χ2v) is 5.02. The average Bonchev–Trinajstić information content (AvgIpc) is 3.14. The van der Waals surface area contributed by atoms with Gasteiger partial charge in [0.25, 0.3) is 5.91 Å². The minimum absolute atomic E-state index is 0.00943. The number of nitrogens with zero attached hydrogens (tertiary/aromatic N) is 1. The Labute approximate surface area is 128 Å². The zero-order valence-corrected chi connectivity index (χ0v) is 12.0. The first-order valence-electron chi connectivity index (χ1n) is 6.82. The molecule has 7 heteroatoms. The predicted octanol–water partition coefficient (Wildman–Crippen LogP) is 3.09. The molecule has 0 aliphatic rings. The molecule has 0 bridgehead atoms. The van der Waals surface area contributed by atoms with E-state index in [4.69, 9.17) is 13.4 Å². The fraction of sp³-hybridized carbons (Fsp3) is 0.0625. The summed E-state index contributed by atoms with van der Waals surface area (Å²) in [7, 11) is 0. The van der Waals surface area contributed by atoms with E-state index in [1.54, 1.807) is 37.3 Å². The number of anilines is 1. The van der Waals surface area contributed by atoms with Gasteiger partial charge in [-0.05, 0) is 19.1 Å². The van der Waals surface area contributed by atoms with E-state index in [-0.39, 0.29) is 28.2 Å². The molecule has 1 aromatic carbocycles. The summed E-state index contributed by atoms with van der Waals surface area (Å²) in [6.07, 6.45) is 0. The van der Waals surface area contributed by atoms with E-state index in [1.807, 2.05) is 0 Å². The normalized spacial score (nSPS) is 11.2. The number of rotatable bonds is 2. The Morgan fingerprint density at radius 1 is 1.13 bits per heavy atom. The molecule has 0 unspecified atom stereocenters. The summed E-state index contributed by atoms with van der Waals surface area (Å²) >= 11 is 0. The Morgan fingerprint density at radius 2 is 1.96 bits per heavy atom. The third kappa shape index (κ3) is 2.18.